The van der Waals surface area contributed by atoms with E-state index in [1.807, 2.05) is 52.9 Å². The normalized spacial score (nSPS) is 19.4. The molecule has 1 spiro atoms. The van der Waals surface area contributed by atoms with Gasteiger partial charge >= 0.3 is 0 Å². The number of amides is 2. The van der Waals surface area contributed by atoms with Crippen LogP contribution in [0.4, 0.5) is 5.69 Å². The summed E-state index contributed by atoms with van der Waals surface area (Å²) >= 11 is 1.97. The van der Waals surface area contributed by atoms with E-state index in [2.05, 4.69) is 5.32 Å². The summed E-state index contributed by atoms with van der Waals surface area (Å²) in [5.41, 5.74) is -0.226. The van der Waals surface area contributed by atoms with Crippen molar-refractivity contribution in [2.75, 3.05) is 14.2 Å². The fourth-order valence-corrected chi connectivity index (χ4v) is 7.01. The number of rotatable bonds is 8. The maximum Gasteiger partial charge on any atom is 0.269 e. The third kappa shape index (κ3) is 5.21. The minimum Gasteiger partial charge on any atom is -0.493 e. The second kappa shape index (κ2) is 12.1. The first-order valence-electron chi connectivity index (χ1n) is 13.6. The van der Waals surface area contributed by atoms with Gasteiger partial charge in [-0.2, -0.15) is 0 Å². The van der Waals surface area contributed by atoms with Crippen molar-refractivity contribution in [2.45, 2.75) is 49.7 Å². The number of nitro groups is 1. The smallest absolute Gasteiger partial charge is 0.269 e. The van der Waals surface area contributed by atoms with Crippen LogP contribution in [0.1, 0.15) is 49.3 Å². The van der Waals surface area contributed by atoms with Crippen molar-refractivity contribution < 1.29 is 28.8 Å². The van der Waals surface area contributed by atoms with Gasteiger partial charge < -0.3 is 19.7 Å². The average Bonchev–Trinajstić information content (AvgIpc) is 3.20. The summed E-state index contributed by atoms with van der Waals surface area (Å²) in [4.78, 5) is 54.4. The van der Waals surface area contributed by atoms with Crippen LogP contribution in [-0.4, -0.2) is 53.2 Å². The molecule has 0 aromatic heterocycles. The van der Waals surface area contributed by atoms with E-state index in [1.165, 1.54) is 49.5 Å². The molecule has 11 heteroatoms. The Hall–Kier alpha value is -4.00. The highest BCUT2D eigenvalue weighted by atomic mass is 127. The summed E-state index contributed by atoms with van der Waals surface area (Å²) in [6, 6.07) is 13.6. The molecule has 218 valence electrons. The van der Waals surface area contributed by atoms with Gasteiger partial charge in [-0.05, 0) is 58.7 Å². The Morgan fingerprint density at radius 2 is 1.67 bits per heavy atom. The van der Waals surface area contributed by atoms with Gasteiger partial charge in [0.15, 0.2) is 11.5 Å². The summed E-state index contributed by atoms with van der Waals surface area (Å²) in [5, 5.41) is 14.9. The highest BCUT2D eigenvalue weighted by Gasteiger charge is 2.56. The number of benzene rings is 2. The Labute approximate surface area is 256 Å². The molecular formula is C31H30IN3O7. The number of carbonyl (C=O) groups excluding carboxylic acids is 3. The molecule has 3 aliphatic rings. The summed E-state index contributed by atoms with van der Waals surface area (Å²) in [6.45, 7) is 0. The van der Waals surface area contributed by atoms with Gasteiger partial charge in [0.1, 0.15) is 11.6 Å². The van der Waals surface area contributed by atoms with E-state index in [4.69, 9.17) is 9.47 Å². The number of ketones is 1. The molecule has 1 N–H and O–H groups in total. The number of nitro benzene ring substituents is 1. The van der Waals surface area contributed by atoms with Crippen molar-refractivity contribution in [3.8, 4) is 0 Å². The van der Waals surface area contributed by atoms with Gasteiger partial charge in [0.05, 0.1) is 22.7 Å². The van der Waals surface area contributed by atoms with Crippen molar-refractivity contribution in [2.24, 2.45) is 0 Å². The first kappa shape index (κ1) is 29.5. The predicted molar refractivity (Wildman–Crippen MR) is 163 cm³/mol. The van der Waals surface area contributed by atoms with E-state index >= 15 is 0 Å². The zero-order valence-electron chi connectivity index (χ0n) is 23.2. The van der Waals surface area contributed by atoms with Crippen molar-refractivity contribution in [3.05, 3.63) is 103 Å². The minimum atomic E-state index is -1.50. The largest absolute Gasteiger partial charge is 0.493 e. The molecule has 1 fully saturated rings. The third-order valence-corrected chi connectivity index (χ3v) is 8.93. The van der Waals surface area contributed by atoms with Crippen molar-refractivity contribution in [3.63, 3.8) is 0 Å². The third-order valence-electron chi connectivity index (χ3n) is 7.93. The first-order valence-corrected chi connectivity index (χ1v) is 14.7. The molecule has 2 aromatic carbocycles. The highest BCUT2D eigenvalue weighted by Crippen LogP contribution is 2.52. The van der Waals surface area contributed by atoms with Crippen LogP contribution in [0.2, 0.25) is 0 Å². The zero-order chi connectivity index (χ0) is 30.0. The van der Waals surface area contributed by atoms with E-state index in [0.29, 0.717) is 14.7 Å². The van der Waals surface area contributed by atoms with Gasteiger partial charge in [0, 0.05) is 23.7 Å². The monoisotopic (exact) mass is 683 g/mol. The van der Waals surface area contributed by atoms with E-state index < -0.39 is 34.1 Å². The molecule has 0 bridgehead atoms. The molecule has 2 amide bonds. The Morgan fingerprint density at radius 1 is 1.02 bits per heavy atom. The maximum absolute atomic E-state index is 14.4. The highest BCUT2D eigenvalue weighted by molar-refractivity contribution is 14.1. The summed E-state index contributed by atoms with van der Waals surface area (Å²) < 4.78 is 11.3. The Morgan fingerprint density at radius 3 is 2.26 bits per heavy atom. The molecule has 5 rings (SSSR count). The molecule has 10 nitrogen and oxygen atoms in total. The van der Waals surface area contributed by atoms with Gasteiger partial charge in [0.25, 0.3) is 17.4 Å². The second-order valence-electron chi connectivity index (χ2n) is 10.4. The van der Waals surface area contributed by atoms with Crippen LogP contribution in [0.25, 0.3) is 5.57 Å². The fourth-order valence-electron chi connectivity index (χ4n) is 6.00. The number of ether oxygens (including phenoxy) is 2. The summed E-state index contributed by atoms with van der Waals surface area (Å²) in [7, 11) is 2.70. The standard InChI is InChI=1S/C31H30IN3O7/c1-41-23-17-31(18-24(42-2)28(23)36)25(19-10-5-3-6-11-19)26(32)30(38)34(31)27(20-12-9-15-22(16-20)35(39)40)29(37)33-21-13-7-4-8-14-21/h3,5-6,9-12,15-18,21,27H,4,7-8,13-14H2,1-2H3,(H,33,37). The van der Waals surface area contributed by atoms with E-state index in [9.17, 15) is 24.5 Å². The first-order chi connectivity index (χ1) is 20.2. The van der Waals surface area contributed by atoms with Gasteiger partial charge in [-0.15, -0.1) is 0 Å². The molecule has 42 heavy (non-hydrogen) atoms. The SMILES string of the molecule is COC1=CC2(C=C(OC)C1=O)C(c1ccccc1)=C(I)C(=O)N2C(C(=O)NC1CCCCC1)c1cccc([N+](=O)[O-])c1. The quantitative estimate of drug-likeness (QED) is 0.232. The molecule has 1 atom stereocenters. The molecule has 0 saturated heterocycles. The lowest BCUT2D eigenvalue weighted by Gasteiger charge is -2.43. The van der Waals surface area contributed by atoms with Crippen molar-refractivity contribution >= 4 is 51.4 Å². The number of halogens is 1. The summed E-state index contributed by atoms with van der Waals surface area (Å²) in [6.07, 6.45) is 7.68. The Kier molecular flexibility index (Phi) is 8.48. The lowest BCUT2D eigenvalue weighted by molar-refractivity contribution is -0.384. The number of hydrogen-bond acceptors (Lipinski definition) is 7. The lowest BCUT2D eigenvalue weighted by atomic mass is 9.80. The Balaban J connectivity index is 1.76. The maximum atomic E-state index is 14.4. The fraction of sp³-hybridized carbons (Fsp3) is 0.323. The molecule has 1 saturated carbocycles. The molecule has 1 unspecified atom stereocenters. The van der Waals surface area contributed by atoms with Crippen LogP contribution in [0.5, 0.6) is 0 Å². The molecule has 2 aliphatic carbocycles. The summed E-state index contributed by atoms with van der Waals surface area (Å²) in [5.74, 6) is -1.57. The number of methoxy groups -OCH3 is 2. The van der Waals surface area contributed by atoms with Crippen molar-refractivity contribution in [1.29, 1.82) is 0 Å². The van der Waals surface area contributed by atoms with Gasteiger partial charge in [-0.3, -0.25) is 24.5 Å². The van der Waals surface area contributed by atoms with Gasteiger partial charge in [-0.1, -0.05) is 61.7 Å². The second-order valence-corrected chi connectivity index (χ2v) is 11.5. The van der Waals surface area contributed by atoms with Crippen molar-refractivity contribution in [1.82, 2.24) is 10.2 Å². The predicted octanol–water partition coefficient (Wildman–Crippen LogP) is 5.16. The molecule has 0 radical (unpaired) electrons. The molecule has 2 aromatic rings. The van der Waals surface area contributed by atoms with Crippen LogP contribution in [0.15, 0.2) is 81.8 Å². The minimum absolute atomic E-state index is 0.0582. The van der Waals surface area contributed by atoms with Crippen LogP contribution >= 0.6 is 22.6 Å². The van der Waals surface area contributed by atoms with E-state index in [1.54, 1.807) is 6.07 Å². The number of Topliss-reactive ketones (excluding diaryl/α,β-unsaturated/α-hetero) is 1. The topological polar surface area (TPSA) is 128 Å². The molecular weight excluding hydrogens is 653 g/mol. The van der Waals surface area contributed by atoms with Gasteiger partial charge in [0.2, 0.25) is 5.91 Å². The van der Waals surface area contributed by atoms with E-state index in [-0.39, 0.29) is 28.8 Å². The lowest BCUT2D eigenvalue weighted by Crippen LogP contribution is -2.54. The average molecular weight is 683 g/mol. The van der Waals surface area contributed by atoms with Crippen LogP contribution in [0.3, 0.4) is 0 Å². The van der Waals surface area contributed by atoms with Crippen LogP contribution < -0.4 is 5.32 Å². The molecule has 1 aliphatic heterocycles. The Bertz CT molecular complexity index is 1500. The van der Waals surface area contributed by atoms with Crippen LogP contribution in [0, 0.1) is 10.1 Å². The zero-order valence-corrected chi connectivity index (χ0v) is 25.3. The number of non-ortho nitro benzene ring substituents is 1. The number of carbonyl (C=O) groups is 3. The van der Waals surface area contributed by atoms with Gasteiger partial charge in [-0.25, -0.2) is 0 Å². The van der Waals surface area contributed by atoms with Crippen LogP contribution in [-0.2, 0) is 23.9 Å². The van der Waals surface area contributed by atoms with E-state index in [0.717, 1.165) is 32.1 Å². The number of hydrogen-bond donors (Lipinski definition) is 1. The number of nitrogens with one attached hydrogen (secondary N) is 1. The molecule has 1 heterocycles. The number of nitrogens with zero attached hydrogens (tertiary/aromatic N) is 2.